The summed E-state index contributed by atoms with van der Waals surface area (Å²) in [5, 5.41) is 3.27. The highest BCUT2D eigenvalue weighted by atomic mass is 16.5. The molecule has 7 nitrogen and oxygen atoms in total. The number of amides is 1. The molecule has 1 atom stereocenters. The third-order valence-electron chi connectivity index (χ3n) is 4.50. The number of rotatable bonds is 6. The van der Waals surface area contributed by atoms with Gasteiger partial charge in [-0.1, -0.05) is 42.5 Å². The Bertz CT molecular complexity index is 1060. The second-order valence-corrected chi connectivity index (χ2v) is 6.46. The van der Waals surface area contributed by atoms with E-state index in [0.717, 1.165) is 11.1 Å². The van der Waals surface area contributed by atoms with Crippen molar-refractivity contribution in [3.8, 4) is 0 Å². The Morgan fingerprint density at radius 3 is 2.61 bits per heavy atom. The van der Waals surface area contributed by atoms with Crippen LogP contribution in [0.25, 0.3) is 10.9 Å². The molecule has 2 aromatic carbocycles. The lowest BCUT2D eigenvalue weighted by atomic mass is 10.0. The van der Waals surface area contributed by atoms with E-state index in [2.05, 4.69) is 10.3 Å². The Morgan fingerprint density at radius 2 is 1.89 bits per heavy atom. The number of hydrogen-bond acceptors (Lipinski definition) is 5. The van der Waals surface area contributed by atoms with E-state index in [0.29, 0.717) is 10.9 Å². The van der Waals surface area contributed by atoms with Gasteiger partial charge in [-0.25, -0.2) is 4.98 Å². The number of fused-ring (bicyclic) bond motifs is 1. The number of benzene rings is 2. The minimum Gasteiger partial charge on any atom is -0.469 e. The van der Waals surface area contributed by atoms with Crippen molar-refractivity contribution in [2.24, 2.45) is 0 Å². The van der Waals surface area contributed by atoms with E-state index in [1.165, 1.54) is 18.0 Å². The van der Waals surface area contributed by atoms with Crippen molar-refractivity contribution in [2.45, 2.75) is 25.9 Å². The van der Waals surface area contributed by atoms with E-state index in [4.69, 9.17) is 4.74 Å². The molecule has 7 heteroatoms. The molecular formula is C21H21N3O4. The number of carbonyl (C=O) groups is 2. The van der Waals surface area contributed by atoms with Crippen molar-refractivity contribution in [2.75, 3.05) is 7.11 Å². The summed E-state index contributed by atoms with van der Waals surface area (Å²) in [6.07, 6.45) is 1.37. The molecule has 0 aliphatic heterocycles. The number of nitrogens with zero attached hydrogens (tertiary/aromatic N) is 2. The number of para-hydroxylation sites is 1. The first-order valence-corrected chi connectivity index (χ1v) is 8.85. The van der Waals surface area contributed by atoms with Gasteiger partial charge in [0.25, 0.3) is 5.56 Å². The Labute approximate surface area is 162 Å². The van der Waals surface area contributed by atoms with E-state index in [1.54, 1.807) is 12.1 Å². The van der Waals surface area contributed by atoms with Crippen molar-refractivity contribution in [1.29, 1.82) is 0 Å². The van der Waals surface area contributed by atoms with Crippen LogP contribution >= 0.6 is 0 Å². The maximum absolute atomic E-state index is 12.7. The average Bonchev–Trinajstić information content (AvgIpc) is 2.70. The summed E-state index contributed by atoms with van der Waals surface area (Å²) in [5.74, 6) is -0.831. The zero-order valence-corrected chi connectivity index (χ0v) is 15.7. The zero-order chi connectivity index (χ0) is 20.1. The predicted molar refractivity (Wildman–Crippen MR) is 105 cm³/mol. The molecule has 1 unspecified atom stereocenters. The quantitative estimate of drug-likeness (QED) is 0.663. The number of esters is 1. The molecule has 0 spiro atoms. The molecule has 0 aliphatic rings. The van der Waals surface area contributed by atoms with E-state index in [9.17, 15) is 14.4 Å². The molecule has 3 aromatic rings. The smallest absolute Gasteiger partial charge is 0.307 e. The maximum atomic E-state index is 12.7. The monoisotopic (exact) mass is 379 g/mol. The number of hydrogen-bond donors (Lipinski definition) is 1. The lowest BCUT2D eigenvalue weighted by Crippen LogP contribution is -2.35. The van der Waals surface area contributed by atoms with Gasteiger partial charge >= 0.3 is 5.97 Å². The van der Waals surface area contributed by atoms with Crippen LogP contribution in [0, 0.1) is 6.92 Å². The van der Waals surface area contributed by atoms with Crippen LogP contribution in [-0.4, -0.2) is 28.5 Å². The topological polar surface area (TPSA) is 90.3 Å². The maximum Gasteiger partial charge on any atom is 0.307 e. The Hall–Kier alpha value is -3.48. The summed E-state index contributed by atoms with van der Waals surface area (Å²) in [4.78, 5) is 41.3. The van der Waals surface area contributed by atoms with E-state index in [1.807, 2.05) is 43.3 Å². The number of aryl methyl sites for hydroxylation is 1. The number of aromatic nitrogens is 2. The van der Waals surface area contributed by atoms with Gasteiger partial charge in [0.15, 0.2) is 0 Å². The lowest BCUT2D eigenvalue weighted by Gasteiger charge is -2.18. The number of ether oxygens (including phenoxy) is 1. The van der Waals surface area contributed by atoms with Crippen LogP contribution in [0.2, 0.25) is 0 Å². The fourth-order valence-electron chi connectivity index (χ4n) is 3.03. The molecule has 0 saturated heterocycles. The molecule has 3 rings (SSSR count). The molecule has 0 saturated carbocycles. The van der Waals surface area contributed by atoms with Crippen molar-refractivity contribution >= 4 is 22.8 Å². The van der Waals surface area contributed by atoms with Crippen LogP contribution in [-0.2, 0) is 20.9 Å². The minimum absolute atomic E-state index is 0.00365. The second-order valence-electron chi connectivity index (χ2n) is 6.46. The van der Waals surface area contributed by atoms with Gasteiger partial charge in [0.1, 0.15) is 6.54 Å². The highest BCUT2D eigenvalue weighted by Crippen LogP contribution is 2.17. The van der Waals surface area contributed by atoms with Crippen LogP contribution in [0.1, 0.15) is 23.6 Å². The fraction of sp³-hybridized carbons (Fsp3) is 0.238. The Balaban J connectivity index is 1.81. The second kappa shape index (κ2) is 8.47. The van der Waals surface area contributed by atoms with Gasteiger partial charge in [-0.2, -0.15) is 0 Å². The van der Waals surface area contributed by atoms with Crippen LogP contribution in [0.15, 0.2) is 59.7 Å². The van der Waals surface area contributed by atoms with Crippen molar-refractivity contribution < 1.29 is 14.3 Å². The van der Waals surface area contributed by atoms with Gasteiger partial charge in [-0.05, 0) is 24.1 Å². The van der Waals surface area contributed by atoms with E-state index < -0.39 is 17.9 Å². The molecule has 1 aromatic heterocycles. The molecule has 28 heavy (non-hydrogen) atoms. The third-order valence-corrected chi connectivity index (χ3v) is 4.50. The lowest BCUT2D eigenvalue weighted by molar-refractivity contribution is -0.141. The summed E-state index contributed by atoms with van der Waals surface area (Å²) in [5.41, 5.74) is 2.01. The number of nitrogens with one attached hydrogen (secondary N) is 1. The first-order chi connectivity index (χ1) is 13.5. The first kappa shape index (κ1) is 19.3. The van der Waals surface area contributed by atoms with Gasteiger partial charge in [0.2, 0.25) is 5.91 Å². The molecular weight excluding hydrogens is 358 g/mol. The van der Waals surface area contributed by atoms with Gasteiger partial charge in [0.05, 0.1) is 36.8 Å². The molecule has 0 bridgehead atoms. The summed E-state index contributed by atoms with van der Waals surface area (Å²) < 4.78 is 5.99. The van der Waals surface area contributed by atoms with Gasteiger partial charge < -0.3 is 10.1 Å². The van der Waals surface area contributed by atoms with Crippen molar-refractivity contribution in [1.82, 2.24) is 14.9 Å². The molecule has 0 fully saturated rings. The Morgan fingerprint density at radius 1 is 1.14 bits per heavy atom. The van der Waals surface area contributed by atoms with Gasteiger partial charge in [0, 0.05) is 0 Å². The van der Waals surface area contributed by atoms with E-state index >= 15 is 0 Å². The van der Waals surface area contributed by atoms with Crippen molar-refractivity contribution in [3.63, 3.8) is 0 Å². The predicted octanol–water partition coefficient (Wildman–Crippen LogP) is 2.13. The van der Waals surface area contributed by atoms with Gasteiger partial charge in [-0.3, -0.25) is 19.0 Å². The van der Waals surface area contributed by atoms with Crippen LogP contribution in [0.5, 0.6) is 0 Å². The summed E-state index contributed by atoms with van der Waals surface area (Å²) >= 11 is 0. The number of methoxy groups -OCH3 is 1. The molecule has 1 heterocycles. The van der Waals surface area contributed by atoms with Gasteiger partial charge in [-0.15, -0.1) is 0 Å². The van der Waals surface area contributed by atoms with E-state index in [-0.39, 0.29) is 18.5 Å². The number of carbonyl (C=O) groups excluding carboxylic acids is 2. The standard InChI is InChI=1S/C21H21N3O4/c1-14-7-6-10-16-20(14)22-13-24(21(16)27)12-18(25)23-17(11-19(26)28-2)15-8-4-3-5-9-15/h3-10,13,17H,11-12H2,1-2H3,(H,23,25). The van der Waals surface area contributed by atoms with Crippen LogP contribution in [0.4, 0.5) is 0 Å². The molecule has 144 valence electrons. The highest BCUT2D eigenvalue weighted by molar-refractivity contribution is 5.81. The first-order valence-electron chi connectivity index (χ1n) is 8.85. The third kappa shape index (κ3) is 4.25. The summed E-state index contributed by atoms with van der Waals surface area (Å²) in [6, 6.07) is 13.9. The van der Waals surface area contributed by atoms with Crippen LogP contribution in [0.3, 0.4) is 0 Å². The normalized spacial score (nSPS) is 11.8. The summed E-state index contributed by atoms with van der Waals surface area (Å²) in [7, 11) is 1.30. The zero-order valence-electron chi connectivity index (χ0n) is 15.7. The SMILES string of the molecule is COC(=O)CC(NC(=O)Cn1cnc2c(C)cccc2c1=O)c1ccccc1. The molecule has 0 radical (unpaired) electrons. The summed E-state index contributed by atoms with van der Waals surface area (Å²) in [6.45, 7) is 1.68. The largest absolute Gasteiger partial charge is 0.469 e. The average molecular weight is 379 g/mol. The highest BCUT2D eigenvalue weighted by Gasteiger charge is 2.19. The van der Waals surface area contributed by atoms with Crippen molar-refractivity contribution in [3.05, 3.63) is 76.3 Å². The Kier molecular flexibility index (Phi) is 5.84. The molecule has 1 amide bonds. The minimum atomic E-state index is -0.549. The fourth-order valence-corrected chi connectivity index (χ4v) is 3.03. The molecule has 1 N–H and O–H groups in total. The van der Waals surface area contributed by atoms with Crippen LogP contribution < -0.4 is 10.9 Å². The molecule has 0 aliphatic carbocycles.